The van der Waals surface area contributed by atoms with Crippen molar-refractivity contribution in [1.82, 2.24) is 0 Å². The van der Waals surface area contributed by atoms with Gasteiger partial charge in [-0.1, -0.05) is 35.4 Å². The number of rotatable bonds is 1. The van der Waals surface area contributed by atoms with E-state index in [0.29, 0.717) is 5.57 Å². The molecule has 64 valence electrons. The SMILES string of the molecule is O=[N+]([O-])[C-]1C=CC(=C(Cl)Cl)C=C1. The molecule has 0 amide bonds. The van der Waals surface area contributed by atoms with E-state index in [4.69, 9.17) is 23.2 Å². The highest BCUT2D eigenvalue weighted by Gasteiger charge is 2.07. The van der Waals surface area contributed by atoms with Crippen molar-refractivity contribution in [3.05, 3.63) is 50.5 Å². The summed E-state index contributed by atoms with van der Waals surface area (Å²) in [7, 11) is 0. The fourth-order valence-corrected chi connectivity index (χ4v) is 0.961. The van der Waals surface area contributed by atoms with E-state index in [-0.39, 0.29) is 10.5 Å². The minimum absolute atomic E-state index is 0.0216. The number of nitro groups is 1. The molecule has 5 heteroatoms. The van der Waals surface area contributed by atoms with Gasteiger partial charge in [0.2, 0.25) is 0 Å². The molecule has 3 nitrogen and oxygen atoms in total. The smallest absolute Gasteiger partial charge is 0.163 e. The zero-order chi connectivity index (χ0) is 9.14. The van der Waals surface area contributed by atoms with Crippen LogP contribution in [0.15, 0.2) is 34.4 Å². The van der Waals surface area contributed by atoms with Gasteiger partial charge in [-0.15, -0.1) is 5.57 Å². The van der Waals surface area contributed by atoms with Gasteiger partial charge in [-0.25, -0.2) is 0 Å². The molecule has 0 radical (unpaired) electrons. The highest BCUT2D eigenvalue weighted by Crippen LogP contribution is 2.22. The molecule has 0 heterocycles. The molecule has 0 saturated carbocycles. The van der Waals surface area contributed by atoms with Gasteiger partial charge in [0.15, 0.2) is 6.04 Å². The summed E-state index contributed by atoms with van der Waals surface area (Å²) in [4.78, 5) is 9.73. The number of allylic oxidation sites excluding steroid dienone is 3. The first-order valence-electron chi connectivity index (χ1n) is 3.04. The van der Waals surface area contributed by atoms with E-state index in [1.807, 2.05) is 0 Å². The predicted octanol–water partition coefficient (Wildman–Crippen LogP) is 2.61. The molecular weight excluding hydrogens is 201 g/mol. The minimum Gasteiger partial charge on any atom is -0.270 e. The maximum atomic E-state index is 10.2. The van der Waals surface area contributed by atoms with Gasteiger partial charge in [0, 0.05) is 4.92 Å². The molecule has 0 spiro atoms. The quantitative estimate of drug-likeness (QED) is 0.375. The van der Waals surface area contributed by atoms with Gasteiger partial charge in [0.1, 0.15) is 0 Å². The summed E-state index contributed by atoms with van der Waals surface area (Å²) in [6.07, 6.45) is 5.68. The standard InChI is InChI=1S/C7H4Cl2NO2/c8-7(9)5-1-3-6(4-2-5)10(11)12/h1-4H/q-1. The molecule has 1 rings (SSSR count). The van der Waals surface area contributed by atoms with Crippen molar-refractivity contribution in [2.75, 3.05) is 0 Å². The average Bonchev–Trinajstić information content (AvgIpc) is 2.04. The summed E-state index contributed by atoms with van der Waals surface area (Å²) >= 11 is 10.9. The van der Waals surface area contributed by atoms with Crippen LogP contribution in [0.1, 0.15) is 0 Å². The van der Waals surface area contributed by atoms with Gasteiger partial charge in [0.25, 0.3) is 0 Å². The van der Waals surface area contributed by atoms with Crippen LogP contribution in [0.3, 0.4) is 0 Å². The lowest BCUT2D eigenvalue weighted by molar-refractivity contribution is -0.448. The second-order valence-electron chi connectivity index (χ2n) is 2.06. The van der Waals surface area contributed by atoms with Crippen LogP contribution in [0.25, 0.3) is 0 Å². The second-order valence-corrected chi connectivity index (χ2v) is 3.01. The molecule has 0 fully saturated rings. The monoisotopic (exact) mass is 204 g/mol. The third kappa shape index (κ3) is 2.03. The molecule has 0 atom stereocenters. The van der Waals surface area contributed by atoms with Crippen molar-refractivity contribution in [1.29, 1.82) is 0 Å². The summed E-state index contributed by atoms with van der Waals surface area (Å²) in [5.41, 5.74) is 0.573. The maximum absolute atomic E-state index is 10.2. The summed E-state index contributed by atoms with van der Waals surface area (Å²) in [6.45, 7) is 0. The van der Waals surface area contributed by atoms with Crippen LogP contribution in [-0.4, -0.2) is 4.92 Å². The minimum atomic E-state index is -0.480. The van der Waals surface area contributed by atoms with Crippen LogP contribution in [0.5, 0.6) is 0 Å². The number of nitrogens with zero attached hydrogens (tertiary/aromatic N) is 1. The largest absolute Gasteiger partial charge is 0.270 e. The average molecular weight is 205 g/mol. The van der Waals surface area contributed by atoms with Gasteiger partial charge in [-0.3, -0.25) is 10.1 Å². The molecule has 1 aliphatic rings. The van der Waals surface area contributed by atoms with Crippen LogP contribution in [0, 0.1) is 16.2 Å². The maximum Gasteiger partial charge on any atom is 0.163 e. The Balaban J connectivity index is 2.80. The Morgan fingerprint density at radius 1 is 1.42 bits per heavy atom. The fraction of sp³-hybridized carbons (Fsp3) is 0. The van der Waals surface area contributed by atoms with Gasteiger partial charge in [-0.05, 0) is 0 Å². The Bertz CT molecular complexity index is 274. The van der Waals surface area contributed by atoms with E-state index < -0.39 is 4.92 Å². The Morgan fingerprint density at radius 2 is 1.92 bits per heavy atom. The molecule has 0 saturated heterocycles. The number of hydrogen-bond acceptors (Lipinski definition) is 2. The van der Waals surface area contributed by atoms with E-state index in [2.05, 4.69) is 0 Å². The molecule has 12 heavy (non-hydrogen) atoms. The van der Waals surface area contributed by atoms with Crippen LogP contribution in [0.4, 0.5) is 0 Å². The first-order chi connectivity index (χ1) is 5.61. The van der Waals surface area contributed by atoms with E-state index in [1.165, 1.54) is 24.3 Å². The van der Waals surface area contributed by atoms with Crippen molar-refractivity contribution in [3.63, 3.8) is 0 Å². The molecule has 0 unspecified atom stereocenters. The lowest BCUT2D eigenvalue weighted by Gasteiger charge is -2.11. The topological polar surface area (TPSA) is 43.1 Å². The number of hydrogen-bond donors (Lipinski definition) is 0. The zero-order valence-electron chi connectivity index (χ0n) is 5.83. The fourth-order valence-electron chi connectivity index (χ4n) is 0.709. The summed E-state index contributed by atoms with van der Waals surface area (Å²) in [5.74, 6) is 0. The molecule has 0 aliphatic heterocycles. The molecule has 1 aliphatic carbocycles. The highest BCUT2D eigenvalue weighted by atomic mass is 35.5. The molecular formula is C7H4Cl2NO2-. The lowest BCUT2D eigenvalue weighted by atomic mass is 10.1. The first-order valence-corrected chi connectivity index (χ1v) is 3.79. The van der Waals surface area contributed by atoms with Crippen LogP contribution in [-0.2, 0) is 0 Å². The number of halogens is 2. The van der Waals surface area contributed by atoms with Crippen LogP contribution >= 0.6 is 23.2 Å². The third-order valence-corrected chi connectivity index (χ3v) is 1.73. The highest BCUT2D eigenvalue weighted by molar-refractivity contribution is 6.56. The second kappa shape index (κ2) is 3.65. The predicted molar refractivity (Wildman–Crippen MR) is 47.2 cm³/mol. The molecule has 0 aromatic heterocycles. The molecule has 0 aromatic rings. The van der Waals surface area contributed by atoms with Gasteiger partial charge in [-0.2, -0.15) is 12.2 Å². The van der Waals surface area contributed by atoms with Crippen LogP contribution < -0.4 is 0 Å². The van der Waals surface area contributed by atoms with E-state index in [0.717, 1.165) is 0 Å². The first kappa shape index (κ1) is 9.16. The summed E-state index contributed by atoms with van der Waals surface area (Å²) in [5, 5.41) is 10.2. The normalized spacial score (nSPS) is 15.2. The van der Waals surface area contributed by atoms with Gasteiger partial charge in [0.05, 0.1) is 4.49 Å². The van der Waals surface area contributed by atoms with E-state index >= 15 is 0 Å². The third-order valence-electron chi connectivity index (χ3n) is 1.30. The molecule has 0 aromatic carbocycles. The van der Waals surface area contributed by atoms with E-state index in [1.54, 1.807) is 0 Å². The zero-order valence-corrected chi connectivity index (χ0v) is 7.34. The summed E-state index contributed by atoms with van der Waals surface area (Å²) < 4.78 is 0.102. The van der Waals surface area contributed by atoms with Crippen molar-refractivity contribution in [2.45, 2.75) is 0 Å². The Kier molecular flexibility index (Phi) is 2.78. The Labute approximate surface area is 79.1 Å². The molecule has 0 N–H and O–H groups in total. The van der Waals surface area contributed by atoms with E-state index in [9.17, 15) is 10.1 Å². The Morgan fingerprint density at radius 3 is 2.25 bits per heavy atom. The van der Waals surface area contributed by atoms with Crippen LogP contribution in [0.2, 0.25) is 0 Å². The Hall–Kier alpha value is -0.930. The lowest BCUT2D eigenvalue weighted by Crippen LogP contribution is -2.05. The van der Waals surface area contributed by atoms with Gasteiger partial charge < -0.3 is 0 Å². The molecule has 0 bridgehead atoms. The summed E-state index contributed by atoms with van der Waals surface area (Å²) in [6, 6.07) is 0.0216. The van der Waals surface area contributed by atoms with Crippen molar-refractivity contribution < 1.29 is 4.92 Å². The van der Waals surface area contributed by atoms with Gasteiger partial charge >= 0.3 is 0 Å². The van der Waals surface area contributed by atoms with Crippen molar-refractivity contribution in [2.24, 2.45) is 0 Å². The van der Waals surface area contributed by atoms with Crippen molar-refractivity contribution >= 4 is 23.2 Å². The van der Waals surface area contributed by atoms with Crippen molar-refractivity contribution in [3.8, 4) is 0 Å².